The number of hydrogen-bond acceptors (Lipinski definition) is 2. The van der Waals surface area contributed by atoms with E-state index >= 15 is 0 Å². The maximum absolute atomic E-state index is 4.20. The van der Waals surface area contributed by atoms with E-state index in [-0.39, 0.29) is 0 Å². The Morgan fingerprint density at radius 3 is 2.92 bits per heavy atom. The lowest BCUT2D eigenvalue weighted by molar-refractivity contribution is 1.28. The van der Waals surface area contributed by atoms with Crippen molar-refractivity contribution in [3.8, 4) is 0 Å². The lowest BCUT2D eigenvalue weighted by Gasteiger charge is -2.17. The molecule has 1 aromatic carbocycles. The van der Waals surface area contributed by atoms with Gasteiger partial charge in [-0.3, -0.25) is 0 Å². The van der Waals surface area contributed by atoms with Crippen molar-refractivity contribution < 1.29 is 0 Å². The summed E-state index contributed by atoms with van der Waals surface area (Å²) in [6.45, 7) is 0. The summed E-state index contributed by atoms with van der Waals surface area (Å²) < 4.78 is 0.828. The Morgan fingerprint density at radius 2 is 2.08 bits per heavy atom. The summed E-state index contributed by atoms with van der Waals surface area (Å²) in [4.78, 5) is 6.21. The fourth-order valence-electron chi connectivity index (χ4n) is 1.30. The molecule has 0 bridgehead atoms. The Kier molecular flexibility index (Phi) is 2.19. The summed E-state index contributed by atoms with van der Waals surface area (Å²) in [6.07, 6.45) is 3.80. The molecule has 1 heterocycles. The largest absolute Gasteiger partial charge is 0.323 e. The Labute approximate surface area is 85.7 Å². The Bertz CT molecular complexity index is 382. The molecule has 1 aromatic rings. The van der Waals surface area contributed by atoms with Crippen LogP contribution in [0, 0.1) is 0 Å². The second-order valence-electron chi connectivity index (χ2n) is 2.83. The zero-order valence-electron chi connectivity index (χ0n) is 7.24. The number of benzene rings is 1. The third-order valence-electron chi connectivity index (χ3n) is 2.01. The number of aliphatic imine (C=N–C) groups is 1. The number of rotatable bonds is 0. The highest BCUT2D eigenvalue weighted by molar-refractivity contribution is 9.18. The van der Waals surface area contributed by atoms with Gasteiger partial charge in [-0.25, -0.2) is 4.99 Å². The van der Waals surface area contributed by atoms with Crippen molar-refractivity contribution >= 4 is 32.4 Å². The van der Waals surface area contributed by atoms with Gasteiger partial charge in [0.2, 0.25) is 0 Å². The number of para-hydroxylation sites is 1. The molecule has 0 amide bonds. The second kappa shape index (κ2) is 3.34. The predicted octanol–water partition coefficient (Wildman–Crippen LogP) is 2.86. The number of anilines is 1. The van der Waals surface area contributed by atoms with E-state index in [2.05, 4.69) is 33.1 Å². The van der Waals surface area contributed by atoms with Gasteiger partial charge >= 0.3 is 0 Å². The zero-order valence-corrected chi connectivity index (χ0v) is 8.82. The molecule has 0 saturated heterocycles. The molecule has 0 fully saturated rings. The Morgan fingerprint density at radius 1 is 1.31 bits per heavy atom. The highest BCUT2D eigenvalue weighted by atomic mass is 79.9. The third kappa shape index (κ3) is 1.52. The first-order valence-electron chi connectivity index (χ1n) is 4.01. The molecular formula is C10H9BrN2. The minimum atomic E-state index is 0.828. The first kappa shape index (κ1) is 8.51. The molecule has 2 nitrogen and oxygen atoms in total. The summed E-state index contributed by atoms with van der Waals surface area (Å²) >= 11 is 3.40. The molecule has 1 aliphatic heterocycles. The van der Waals surface area contributed by atoms with E-state index in [1.54, 1.807) is 6.20 Å². The van der Waals surface area contributed by atoms with Crippen LogP contribution in [0.5, 0.6) is 0 Å². The van der Waals surface area contributed by atoms with Gasteiger partial charge in [0.1, 0.15) is 0 Å². The fraction of sp³-hybridized carbons (Fsp3) is 0.100. The van der Waals surface area contributed by atoms with Crippen molar-refractivity contribution in [2.45, 2.75) is 0 Å². The molecular weight excluding hydrogens is 228 g/mol. The van der Waals surface area contributed by atoms with Crippen LogP contribution < -0.4 is 4.90 Å². The van der Waals surface area contributed by atoms with Crippen molar-refractivity contribution in [2.24, 2.45) is 4.99 Å². The fourth-order valence-corrected chi connectivity index (χ4v) is 1.61. The van der Waals surface area contributed by atoms with Crippen LogP contribution in [0.2, 0.25) is 0 Å². The summed E-state index contributed by atoms with van der Waals surface area (Å²) in [6, 6.07) is 8.19. The van der Waals surface area contributed by atoms with Gasteiger partial charge < -0.3 is 4.90 Å². The molecule has 1 aliphatic rings. The first-order chi connectivity index (χ1) is 6.29. The first-order valence-corrected chi connectivity index (χ1v) is 4.81. The Hall–Kier alpha value is -1.09. The predicted molar refractivity (Wildman–Crippen MR) is 60.2 cm³/mol. The molecule has 0 unspecified atom stereocenters. The van der Waals surface area contributed by atoms with Gasteiger partial charge in [-0.05, 0) is 33.6 Å². The van der Waals surface area contributed by atoms with Crippen LogP contribution in [0.1, 0.15) is 5.56 Å². The van der Waals surface area contributed by atoms with Crippen LogP contribution in [0.25, 0.3) is 6.08 Å². The number of hydrogen-bond donors (Lipinski definition) is 0. The van der Waals surface area contributed by atoms with E-state index in [0.717, 1.165) is 10.4 Å². The van der Waals surface area contributed by atoms with Crippen LogP contribution >= 0.6 is 15.9 Å². The van der Waals surface area contributed by atoms with Crippen molar-refractivity contribution in [1.82, 2.24) is 0 Å². The molecule has 0 aromatic heterocycles. The molecule has 0 N–H and O–H groups in total. The SMILES string of the molecule is CN1C(Br)=NC=Cc2ccccc21. The highest BCUT2D eigenvalue weighted by Gasteiger charge is 2.09. The smallest absolute Gasteiger partial charge is 0.177 e. The number of fused-ring (bicyclic) bond motifs is 1. The summed E-state index contributed by atoms with van der Waals surface area (Å²) in [5.74, 6) is 0. The van der Waals surface area contributed by atoms with Crippen LogP contribution in [0.3, 0.4) is 0 Å². The van der Waals surface area contributed by atoms with Gasteiger partial charge in [0, 0.05) is 18.9 Å². The standard InChI is InChI=1S/C10H9BrN2/c1-13-9-5-3-2-4-8(9)6-7-12-10(13)11/h2-7H,1H3. The molecule has 3 heteroatoms. The van der Waals surface area contributed by atoms with Crippen LogP contribution in [-0.2, 0) is 0 Å². The monoisotopic (exact) mass is 236 g/mol. The quantitative estimate of drug-likeness (QED) is 0.633. The Balaban J connectivity index is 2.57. The topological polar surface area (TPSA) is 15.6 Å². The number of nitrogens with zero attached hydrogens (tertiary/aromatic N) is 2. The number of amidine groups is 1. The molecule has 2 rings (SSSR count). The van der Waals surface area contributed by atoms with Gasteiger partial charge in [-0.1, -0.05) is 18.2 Å². The van der Waals surface area contributed by atoms with E-state index in [0.29, 0.717) is 0 Å². The molecule has 66 valence electrons. The molecule has 0 aliphatic carbocycles. The molecule has 0 saturated carbocycles. The summed E-state index contributed by atoms with van der Waals surface area (Å²) in [5.41, 5.74) is 2.34. The highest BCUT2D eigenvalue weighted by Crippen LogP contribution is 2.24. The normalized spacial score (nSPS) is 14.9. The minimum absolute atomic E-state index is 0.828. The van der Waals surface area contributed by atoms with Crippen molar-refractivity contribution in [1.29, 1.82) is 0 Å². The average Bonchev–Trinajstić information content (AvgIpc) is 2.29. The van der Waals surface area contributed by atoms with Crippen LogP contribution in [0.4, 0.5) is 5.69 Å². The summed E-state index contributed by atoms with van der Waals surface area (Å²) in [5, 5.41) is 0. The van der Waals surface area contributed by atoms with E-state index in [1.165, 1.54) is 5.56 Å². The van der Waals surface area contributed by atoms with Gasteiger partial charge in [-0.2, -0.15) is 0 Å². The summed E-state index contributed by atoms with van der Waals surface area (Å²) in [7, 11) is 1.99. The van der Waals surface area contributed by atoms with Crippen molar-refractivity contribution in [2.75, 3.05) is 11.9 Å². The molecule has 13 heavy (non-hydrogen) atoms. The zero-order chi connectivity index (χ0) is 9.26. The van der Waals surface area contributed by atoms with Crippen LogP contribution in [-0.4, -0.2) is 11.8 Å². The van der Waals surface area contributed by atoms with Gasteiger partial charge in [0.05, 0.1) is 0 Å². The maximum atomic E-state index is 4.20. The molecule has 0 spiro atoms. The third-order valence-corrected chi connectivity index (χ3v) is 2.75. The molecule has 0 radical (unpaired) electrons. The number of halogens is 1. The maximum Gasteiger partial charge on any atom is 0.177 e. The second-order valence-corrected chi connectivity index (χ2v) is 3.54. The van der Waals surface area contributed by atoms with E-state index in [1.807, 2.05) is 30.2 Å². The van der Waals surface area contributed by atoms with Crippen LogP contribution in [0.15, 0.2) is 35.5 Å². The lowest BCUT2D eigenvalue weighted by atomic mass is 10.1. The van der Waals surface area contributed by atoms with Gasteiger partial charge in [0.15, 0.2) is 4.74 Å². The van der Waals surface area contributed by atoms with E-state index in [4.69, 9.17) is 0 Å². The lowest BCUT2D eigenvalue weighted by Crippen LogP contribution is -2.20. The average molecular weight is 237 g/mol. The van der Waals surface area contributed by atoms with Gasteiger partial charge in [-0.15, -0.1) is 0 Å². The molecule has 0 atom stereocenters. The minimum Gasteiger partial charge on any atom is -0.323 e. The van der Waals surface area contributed by atoms with Crippen molar-refractivity contribution in [3.05, 3.63) is 36.0 Å². The van der Waals surface area contributed by atoms with Gasteiger partial charge in [0.25, 0.3) is 0 Å². The van der Waals surface area contributed by atoms with E-state index in [9.17, 15) is 0 Å². The van der Waals surface area contributed by atoms with E-state index < -0.39 is 0 Å². The van der Waals surface area contributed by atoms with Crippen molar-refractivity contribution in [3.63, 3.8) is 0 Å².